The Morgan fingerprint density at radius 2 is 1.75 bits per heavy atom. The zero-order valence-corrected chi connectivity index (χ0v) is 20.2. The molecule has 8 nitrogen and oxygen atoms in total. The molecule has 1 atom stereocenters. The number of carbonyl (C=O) groups is 4. The second-order valence-corrected chi connectivity index (χ2v) is 8.62. The minimum absolute atomic E-state index is 0.0474. The van der Waals surface area contributed by atoms with E-state index in [4.69, 9.17) is 21.1 Å². The molecule has 184 valence electrons. The first-order chi connectivity index (χ1) is 17.3. The number of Topliss-reactive ketones (excluding diaryl/α,β-unsaturated/α-hetero) is 1. The topological polar surface area (TPSA) is 102 Å². The zero-order chi connectivity index (χ0) is 25.7. The van der Waals surface area contributed by atoms with E-state index in [1.807, 2.05) is 0 Å². The number of rotatable bonds is 8. The highest BCUT2D eigenvalue weighted by atomic mass is 35.5. The van der Waals surface area contributed by atoms with Crippen LogP contribution in [-0.2, 0) is 14.3 Å². The largest absolute Gasteiger partial charge is 0.497 e. The first-order valence-corrected chi connectivity index (χ1v) is 11.5. The highest BCUT2D eigenvalue weighted by molar-refractivity contribution is 6.30. The number of halogens is 1. The molecule has 1 unspecified atom stereocenters. The molecule has 4 rings (SSSR count). The standard InChI is InChI=1S/C27H23ClN2O6/c1-35-23-7-3-5-21(14-23)29-26(33)18-4-2-6-22(12-18)30-15-19(13-25(30)32)27(34)36-16-24(31)17-8-10-20(28)11-9-17/h2-12,14,19H,13,15-16H2,1H3,(H,29,33). The van der Waals surface area contributed by atoms with Crippen molar-refractivity contribution in [3.8, 4) is 5.75 Å². The van der Waals surface area contributed by atoms with Crippen molar-refractivity contribution in [3.63, 3.8) is 0 Å². The maximum absolute atomic E-state index is 12.8. The molecule has 2 amide bonds. The van der Waals surface area contributed by atoms with E-state index in [0.717, 1.165) is 0 Å². The summed E-state index contributed by atoms with van der Waals surface area (Å²) in [7, 11) is 1.54. The fourth-order valence-corrected chi connectivity index (χ4v) is 3.93. The Hall–Kier alpha value is -4.17. The van der Waals surface area contributed by atoms with Gasteiger partial charge in [0.1, 0.15) is 5.75 Å². The maximum Gasteiger partial charge on any atom is 0.311 e. The minimum Gasteiger partial charge on any atom is -0.497 e. The lowest BCUT2D eigenvalue weighted by Gasteiger charge is -2.17. The van der Waals surface area contributed by atoms with Gasteiger partial charge in [0, 0.05) is 46.6 Å². The lowest BCUT2D eigenvalue weighted by molar-refractivity contribution is -0.147. The summed E-state index contributed by atoms with van der Waals surface area (Å²) in [6.45, 7) is -0.334. The molecule has 1 aliphatic rings. The van der Waals surface area contributed by atoms with E-state index in [2.05, 4.69) is 5.32 Å². The van der Waals surface area contributed by atoms with Crippen LogP contribution in [0.2, 0.25) is 5.02 Å². The van der Waals surface area contributed by atoms with Gasteiger partial charge < -0.3 is 19.7 Å². The van der Waals surface area contributed by atoms with Crippen molar-refractivity contribution in [1.29, 1.82) is 0 Å². The number of ether oxygens (including phenoxy) is 2. The summed E-state index contributed by atoms with van der Waals surface area (Å²) in [4.78, 5) is 51.6. The molecule has 1 fully saturated rings. The summed E-state index contributed by atoms with van der Waals surface area (Å²) in [6, 6.07) is 19.8. The molecular weight excluding hydrogens is 484 g/mol. The first kappa shape index (κ1) is 24.9. The van der Waals surface area contributed by atoms with Crippen LogP contribution >= 0.6 is 11.6 Å². The molecular formula is C27H23ClN2O6. The summed E-state index contributed by atoms with van der Waals surface area (Å²) < 4.78 is 10.3. The normalized spacial score (nSPS) is 14.9. The van der Waals surface area contributed by atoms with Crippen molar-refractivity contribution in [2.45, 2.75) is 6.42 Å². The molecule has 0 spiro atoms. The molecule has 0 aliphatic carbocycles. The van der Waals surface area contributed by atoms with Crippen LogP contribution in [-0.4, -0.2) is 43.8 Å². The number of nitrogens with one attached hydrogen (secondary N) is 1. The Balaban J connectivity index is 1.37. The predicted octanol–water partition coefficient (Wildman–Crippen LogP) is 4.38. The molecule has 3 aromatic rings. The molecule has 0 saturated carbocycles. The van der Waals surface area contributed by atoms with Crippen LogP contribution in [0.25, 0.3) is 0 Å². The van der Waals surface area contributed by atoms with Gasteiger partial charge in [-0.3, -0.25) is 19.2 Å². The summed E-state index contributed by atoms with van der Waals surface area (Å²) in [6.07, 6.45) is -0.0474. The number of nitrogens with zero attached hydrogens (tertiary/aromatic N) is 1. The van der Waals surface area contributed by atoms with Gasteiger partial charge in [0.05, 0.1) is 13.0 Å². The van der Waals surface area contributed by atoms with Crippen LogP contribution in [0, 0.1) is 5.92 Å². The van der Waals surface area contributed by atoms with Crippen LogP contribution in [0.3, 0.4) is 0 Å². The van der Waals surface area contributed by atoms with Gasteiger partial charge in [0.25, 0.3) is 5.91 Å². The smallest absolute Gasteiger partial charge is 0.311 e. The Labute approximate surface area is 212 Å². The van der Waals surface area contributed by atoms with E-state index >= 15 is 0 Å². The average molecular weight is 507 g/mol. The Morgan fingerprint density at radius 3 is 2.50 bits per heavy atom. The molecule has 36 heavy (non-hydrogen) atoms. The fraction of sp³-hybridized carbons (Fsp3) is 0.185. The van der Waals surface area contributed by atoms with Crippen LogP contribution in [0.5, 0.6) is 5.75 Å². The number of ketones is 1. The second kappa shape index (κ2) is 11.0. The summed E-state index contributed by atoms with van der Waals surface area (Å²) in [5.74, 6) is -1.72. The summed E-state index contributed by atoms with van der Waals surface area (Å²) in [5, 5.41) is 3.29. The summed E-state index contributed by atoms with van der Waals surface area (Å²) in [5.41, 5.74) is 1.78. The third kappa shape index (κ3) is 5.90. The Bertz CT molecular complexity index is 1310. The Morgan fingerprint density at radius 1 is 1.00 bits per heavy atom. The Kier molecular flexibility index (Phi) is 7.65. The molecule has 0 aromatic heterocycles. The number of anilines is 2. The monoisotopic (exact) mass is 506 g/mol. The fourth-order valence-electron chi connectivity index (χ4n) is 3.81. The molecule has 1 N–H and O–H groups in total. The number of hydrogen-bond donors (Lipinski definition) is 1. The maximum atomic E-state index is 12.8. The first-order valence-electron chi connectivity index (χ1n) is 11.2. The molecule has 1 heterocycles. The van der Waals surface area contributed by atoms with E-state index in [-0.39, 0.29) is 30.6 Å². The molecule has 9 heteroatoms. The lowest BCUT2D eigenvalue weighted by atomic mass is 10.1. The predicted molar refractivity (Wildman–Crippen MR) is 135 cm³/mol. The van der Waals surface area contributed by atoms with Crippen molar-refractivity contribution in [2.24, 2.45) is 5.92 Å². The van der Waals surface area contributed by atoms with E-state index in [0.29, 0.717) is 33.3 Å². The third-order valence-electron chi connectivity index (χ3n) is 5.72. The number of benzene rings is 3. The van der Waals surface area contributed by atoms with E-state index < -0.39 is 18.5 Å². The van der Waals surface area contributed by atoms with Crippen LogP contribution in [0.15, 0.2) is 72.8 Å². The quantitative estimate of drug-likeness (QED) is 0.359. The number of hydrogen-bond acceptors (Lipinski definition) is 6. The molecule has 1 aliphatic heterocycles. The van der Waals surface area contributed by atoms with Crippen molar-refractivity contribution >= 4 is 46.5 Å². The van der Waals surface area contributed by atoms with Gasteiger partial charge in [-0.2, -0.15) is 0 Å². The highest BCUT2D eigenvalue weighted by Gasteiger charge is 2.36. The van der Waals surface area contributed by atoms with Gasteiger partial charge in [-0.15, -0.1) is 0 Å². The molecule has 1 saturated heterocycles. The van der Waals surface area contributed by atoms with Crippen molar-refractivity contribution < 1.29 is 28.7 Å². The number of methoxy groups -OCH3 is 1. The number of amides is 2. The van der Waals surface area contributed by atoms with Crippen LogP contribution in [0.4, 0.5) is 11.4 Å². The van der Waals surface area contributed by atoms with Gasteiger partial charge in [-0.1, -0.05) is 23.7 Å². The van der Waals surface area contributed by atoms with Gasteiger partial charge in [-0.05, 0) is 54.6 Å². The number of esters is 1. The van der Waals surface area contributed by atoms with Crippen molar-refractivity contribution in [2.75, 3.05) is 30.5 Å². The third-order valence-corrected chi connectivity index (χ3v) is 5.97. The van der Waals surface area contributed by atoms with Gasteiger partial charge in [0.15, 0.2) is 12.4 Å². The van der Waals surface area contributed by atoms with Gasteiger partial charge in [0.2, 0.25) is 5.91 Å². The lowest BCUT2D eigenvalue weighted by Crippen LogP contribution is -2.27. The zero-order valence-electron chi connectivity index (χ0n) is 19.4. The van der Waals surface area contributed by atoms with Gasteiger partial charge in [-0.25, -0.2) is 0 Å². The minimum atomic E-state index is -0.718. The SMILES string of the molecule is COc1cccc(NC(=O)c2cccc(N3CC(C(=O)OCC(=O)c4ccc(Cl)cc4)CC3=O)c2)c1. The summed E-state index contributed by atoms with van der Waals surface area (Å²) >= 11 is 5.82. The van der Waals surface area contributed by atoms with E-state index in [1.54, 1.807) is 72.8 Å². The molecule has 3 aromatic carbocycles. The number of carbonyl (C=O) groups excluding carboxylic acids is 4. The van der Waals surface area contributed by atoms with Crippen LogP contribution < -0.4 is 15.0 Å². The van der Waals surface area contributed by atoms with Crippen molar-refractivity contribution in [1.82, 2.24) is 0 Å². The second-order valence-electron chi connectivity index (χ2n) is 8.18. The van der Waals surface area contributed by atoms with E-state index in [1.165, 1.54) is 12.0 Å². The molecule has 0 bridgehead atoms. The van der Waals surface area contributed by atoms with Gasteiger partial charge >= 0.3 is 5.97 Å². The van der Waals surface area contributed by atoms with E-state index in [9.17, 15) is 19.2 Å². The average Bonchev–Trinajstić information content (AvgIpc) is 3.29. The van der Waals surface area contributed by atoms with Crippen molar-refractivity contribution in [3.05, 3.63) is 88.9 Å². The molecule has 0 radical (unpaired) electrons. The van der Waals surface area contributed by atoms with Crippen LogP contribution in [0.1, 0.15) is 27.1 Å². The highest BCUT2D eigenvalue weighted by Crippen LogP contribution is 2.27.